The second-order valence-corrected chi connectivity index (χ2v) is 9.02. The molecule has 28 heavy (non-hydrogen) atoms. The van der Waals surface area contributed by atoms with E-state index in [9.17, 15) is 18.0 Å². The molecule has 3 aromatic rings. The molecule has 2 aromatic carbocycles. The largest absolute Gasteiger partial charge is 0.281 e. The van der Waals surface area contributed by atoms with Crippen molar-refractivity contribution in [2.24, 2.45) is 0 Å². The molecule has 7 nitrogen and oxygen atoms in total. The lowest BCUT2D eigenvalue weighted by molar-refractivity contribution is 0.0848. The van der Waals surface area contributed by atoms with Crippen LogP contribution in [0.4, 0.5) is 0 Å². The van der Waals surface area contributed by atoms with E-state index < -0.39 is 21.7 Å². The van der Waals surface area contributed by atoms with Gasteiger partial charge in [-0.1, -0.05) is 30.3 Å². The number of sulfone groups is 1. The van der Waals surface area contributed by atoms with Crippen LogP contribution in [0.2, 0.25) is 0 Å². The van der Waals surface area contributed by atoms with Gasteiger partial charge in [0, 0.05) is 17.4 Å². The minimum atomic E-state index is -3.34. The average molecular weight is 415 g/mol. The SMILES string of the molecule is Cc1nc(-c2ccccc2)sc1C(=O)NNC(=O)c1ccc(S(C)(=O)=O)cc1. The van der Waals surface area contributed by atoms with E-state index in [0.29, 0.717) is 15.6 Å². The first-order valence-electron chi connectivity index (χ1n) is 8.19. The summed E-state index contributed by atoms with van der Waals surface area (Å²) in [4.78, 5) is 29.5. The van der Waals surface area contributed by atoms with Crippen molar-refractivity contribution in [2.75, 3.05) is 6.26 Å². The van der Waals surface area contributed by atoms with Crippen LogP contribution in [0.15, 0.2) is 59.5 Å². The quantitative estimate of drug-likeness (QED) is 0.637. The third-order valence-corrected chi connectivity index (χ3v) is 6.19. The van der Waals surface area contributed by atoms with E-state index in [1.807, 2.05) is 30.3 Å². The van der Waals surface area contributed by atoms with Gasteiger partial charge in [0.25, 0.3) is 11.8 Å². The molecule has 0 atom stereocenters. The zero-order chi connectivity index (χ0) is 20.3. The number of hydrogen-bond acceptors (Lipinski definition) is 6. The Morgan fingerprint density at radius 3 is 2.14 bits per heavy atom. The summed E-state index contributed by atoms with van der Waals surface area (Å²) in [6.45, 7) is 1.73. The lowest BCUT2D eigenvalue weighted by Crippen LogP contribution is -2.41. The highest BCUT2D eigenvalue weighted by Gasteiger charge is 2.17. The summed E-state index contributed by atoms with van der Waals surface area (Å²) in [5, 5.41) is 0.714. The maximum Gasteiger partial charge on any atom is 0.281 e. The first kappa shape index (κ1) is 19.7. The number of amides is 2. The Morgan fingerprint density at radius 2 is 1.54 bits per heavy atom. The van der Waals surface area contributed by atoms with Crippen LogP contribution in [0, 0.1) is 6.92 Å². The summed E-state index contributed by atoms with van der Waals surface area (Å²) >= 11 is 1.23. The molecule has 0 radical (unpaired) electrons. The van der Waals surface area contributed by atoms with Crippen molar-refractivity contribution in [3.63, 3.8) is 0 Å². The van der Waals surface area contributed by atoms with Crippen molar-refractivity contribution < 1.29 is 18.0 Å². The van der Waals surface area contributed by atoms with Crippen molar-refractivity contribution in [3.8, 4) is 10.6 Å². The van der Waals surface area contributed by atoms with E-state index in [-0.39, 0.29) is 10.5 Å². The standard InChI is InChI=1S/C19H17N3O4S2/c1-12-16(27-19(20-12)14-6-4-3-5-7-14)18(24)22-21-17(23)13-8-10-15(11-9-13)28(2,25)26/h3-11H,1-2H3,(H,21,23)(H,22,24). The predicted octanol–water partition coefficient (Wildman–Crippen LogP) is 2.60. The Morgan fingerprint density at radius 1 is 0.929 bits per heavy atom. The second-order valence-electron chi connectivity index (χ2n) is 6.00. The van der Waals surface area contributed by atoms with Gasteiger partial charge in [-0.3, -0.25) is 20.4 Å². The van der Waals surface area contributed by atoms with Crippen molar-refractivity contribution in [3.05, 3.63) is 70.7 Å². The van der Waals surface area contributed by atoms with Crippen LogP contribution < -0.4 is 10.9 Å². The maximum absolute atomic E-state index is 12.4. The number of rotatable bonds is 4. The average Bonchev–Trinajstić information content (AvgIpc) is 3.08. The number of hydrogen-bond donors (Lipinski definition) is 2. The van der Waals surface area contributed by atoms with E-state index >= 15 is 0 Å². The lowest BCUT2D eigenvalue weighted by atomic mass is 10.2. The molecule has 2 amide bonds. The van der Waals surface area contributed by atoms with Crippen molar-refractivity contribution in [1.29, 1.82) is 0 Å². The van der Waals surface area contributed by atoms with Crippen LogP contribution in [0.5, 0.6) is 0 Å². The summed E-state index contributed by atoms with van der Waals surface area (Å²) in [5.41, 5.74) is 6.38. The van der Waals surface area contributed by atoms with E-state index in [1.54, 1.807) is 6.92 Å². The number of benzene rings is 2. The highest BCUT2D eigenvalue weighted by molar-refractivity contribution is 7.90. The minimum Gasteiger partial charge on any atom is -0.267 e. The first-order valence-corrected chi connectivity index (χ1v) is 10.9. The van der Waals surface area contributed by atoms with E-state index in [1.165, 1.54) is 35.6 Å². The molecule has 3 rings (SSSR count). The summed E-state index contributed by atoms with van der Waals surface area (Å²) in [5.74, 6) is -1.03. The van der Waals surface area contributed by atoms with Gasteiger partial charge in [-0.15, -0.1) is 11.3 Å². The molecule has 0 aliphatic rings. The smallest absolute Gasteiger partial charge is 0.267 e. The van der Waals surface area contributed by atoms with E-state index in [2.05, 4.69) is 15.8 Å². The first-order chi connectivity index (χ1) is 13.3. The summed E-state index contributed by atoms with van der Waals surface area (Å²) in [6.07, 6.45) is 1.09. The molecule has 1 aromatic heterocycles. The zero-order valence-corrected chi connectivity index (χ0v) is 16.7. The van der Waals surface area contributed by atoms with Crippen LogP contribution >= 0.6 is 11.3 Å². The monoisotopic (exact) mass is 415 g/mol. The predicted molar refractivity (Wildman–Crippen MR) is 107 cm³/mol. The third kappa shape index (κ3) is 4.44. The number of nitrogens with one attached hydrogen (secondary N) is 2. The summed E-state index contributed by atoms with van der Waals surface area (Å²) in [6, 6.07) is 14.9. The molecule has 0 bridgehead atoms. The van der Waals surface area contributed by atoms with Gasteiger partial charge < -0.3 is 0 Å². The fourth-order valence-electron chi connectivity index (χ4n) is 2.41. The highest BCUT2D eigenvalue weighted by atomic mass is 32.2. The number of thiazole rings is 1. The van der Waals surface area contributed by atoms with Crippen LogP contribution in [-0.2, 0) is 9.84 Å². The number of carbonyl (C=O) groups excluding carboxylic acids is 2. The van der Waals surface area contributed by atoms with Crippen LogP contribution in [0.1, 0.15) is 25.7 Å². The van der Waals surface area contributed by atoms with Crippen LogP contribution in [0.3, 0.4) is 0 Å². The lowest BCUT2D eigenvalue weighted by Gasteiger charge is -2.07. The maximum atomic E-state index is 12.4. The molecule has 0 aliphatic heterocycles. The summed E-state index contributed by atoms with van der Waals surface area (Å²) < 4.78 is 22.9. The Balaban J connectivity index is 1.67. The fourth-order valence-corrected chi connectivity index (χ4v) is 4.00. The number of aromatic nitrogens is 1. The molecule has 0 saturated heterocycles. The van der Waals surface area contributed by atoms with Crippen molar-refractivity contribution in [1.82, 2.24) is 15.8 Å². The van der Waals surface area contributed by atoms with Crippen molar-refractivity contribution in [2.45, 2.75) is 11.8 Å². The Bertz CT molecular complexity index is 1120. The number of nitrogens with zero attached hydrogens (tertiary/aromatic N) is 1. The van der Waals surface area contributed by atoms with Crippen molar-refractivity contribution >= 4 is 33.0 Å². The molecular weight excluding hydrogens is 398 g/mol. The zero-order valence-electron chi connectivity index (χ0n) is 15.1. The molecule has 9 heteroatoms. The highest BCUT2D eigenvalue weighted by Crippen LogP contribution is 2.27. The molecule has 2 N–H and O–H groups in total. The number of hydrazine groups is 1. The van der Waals surface area contributed by atoms with E-state index in [4.69, 9.17) is 0 Å². The molecule has 0 fully saturated rings. The minimum absolute atomic E-state index is 0.113. The van der Waals surface area contributed by atoms with Gasteiger partial charge in [-0.2, -0.15) is 0 Å². The second kappa shape index (κ2) is 7.91. The molecule has 1 heterocycles. The fraction of sp³-hybridized carbons (Fsp3) is 0.105. The molecular formula is C19H17N3O4S2. The van der Waals surface area contributed by atoms with Crippen LogP contribution in [-0.4, -0.2) is 31.5 Å². The van der Waals surface area contributed by atoms with Gasteiger partial charge in [0.15, 0.2) is 9.84 Å². The van der Waals surface area contributed by atoms with E-state index in [0.717, 1.165) is 11.8 Å². The van der Waals surface area contributed by atoms with Gasteiger partial charge in [0.05, 0.1) is 10.6 Å². The molecule has 0 spiro atoms. The third-order valence-electron chi connectivity index (χ3n) is 3.86. The van der Waals surface area contributed by atoms with Gasteiger partial charge in [-0.25, -0.2) is 13.4 Å². The normalized spacial score (nSPS) is 11.1. The Labute approximate surface area is 166 Å². The Kier molecular flexibility index (Phi) is 5.57. The molecule has 0 unspecified atom stereocenters. The van der Waals surface area contributed by atoms with Crippen LogP contribution in [0.25, 0.3) is 10.6 Å². The van der Waals surface area contributed by atoms with Gasteiger partial charge in [0.2, 0.25) is 0 Å². The Hall–Kier alpha value is -3.04. The number of carbonyl (C=O) groups is 2. The van der Waals surface area contributed by atoms with Gasteiger partial charge >= 0.3 is 0 Å². The topological polar surface area (TPSA) is 105 Å². The summed E-state index contributed by atoms with van der Waals surface area (Å²) in [7, 11) is -3.34. The van der Waals surface area contributed by atoms with Gasteiger partial charge in [0.1, 0.15) is 9.88 Å². The number of aryl methyl sites for hydroxylation is 1. The van der Waals surface area contributed by atoms with Gasteiger partial charge in [-0.05, 0) is 31.2 Å². The molecule has 0 aliphatic carbocycles. The molecule has 0 saturated carbocycles. The molecule has 144 valence electrons.